The fourth-order valence-corrected chi connectivity index (χ4v) is 14.2. The van der Waals surface area contributed by atoms with Gasteiger partial charge in [0.1, 0.15) is 11.6 Å². The second-order valence-corrected chi connectivity index (χ2v) is 27.2. The third-order valence-corrected chi connectivity index (χ3v) is 19.3. The number of nitrogens with zero attached hydrogens (tertiary/aromatic N) is 11. The number of aromatic nitrogens is 5. The summed E-state index contributed by atoms with van der Waals surface area (Å²) in [6.07, 6.45) is 3.73. The predicted octanol–water partition coefficient (Wildman–Crippen LogP) is 3.56. The Morgan fingerprint density at radius 3 is 1.56 bits per heavy atom. The minimum atomic E-state index is -0.443. The zero-order chi connectivity index (χ0) is 61.5. The third-order valence-electron chi connectivity index (χ3n) is 19.3. The summed E-state index contributed by atoms with van der Waals surface area (Å²) in [6, 6.07) is 17.1. The van der Waals surface area contributed by atoms with Crippen LogP contribution < -0.4 is 31.6 Å². The van der Waals surface area contributed by atoms with E-state index < -0.39 is 10.8 Å². The molecule has 0 spiro atoms. The Labute approximate surface area is 509 Å². The average Bonchev–Trinajstić information content (AvgIpc) is 1.68. The van der Waals surface area contributed by atoms with E-state index in [9.17, 15) is 32.8 Å². The molecule has 0 radical (unpaired) electrons. The lowest BCUT2D eigenvalue weighted by Crippen LogP contribution is -2.63. The highest BCUT2D eigenvalue weighted by Gasteiger charge is 2.43. The van der Waals surface area contributed by atoms with Gasteiger partial charge in [0.25, 0.3) is 11.1 Å². The summed E-state index contributed by atoms with van der Waals surface area (Å²) in [5, 5.41) is 16.2. The second-order valence-electron chi connectivity index (χ2n) is 27.2. The molecule has 87 heavy (non-hydrogen) atoms. The molecule has 9 heterocycles. The predicted molar refractivity (Wildman–Crippen MR) is 332 cm³/mol. The topological polar surface area (TPSA) is 198 Å². The molecule has 6 atom stereocenters. The van der Waals surface area contributed by atoms with Crippen LogP contribution in [0.25, 0.3) is 0 Å². The Bertz CT molecular complexity index is 3400. The highest BCUT2D eigenvalue weighted by molar-refractivity contribution is 5.98. The van der Waals surface area contributed by atoms with Crippen LogP contribution in [0.15, 0.2) is 76.4 Å². The Kier molecular flexibility index (Phi) is 18.5. The molecule has 5 aromatic rings. The van der Waals surface area contributed by atoms with Crippen molar-refractivity contribution in [3.63, 3.8) is 0 Å². The van der Waals surface area contributed by atoms with Crippen LogP contribution in [0.4, 0.5) is 20.2 Å². The molecule has 3 amide bonds. The molecule has 2 aromatic carbocycles. The van der Waals surface area contributed by atoms with Gasteiger partial charge >= 0.3 is 0 Å². The van der Waals surface area contributed by atoms with E-state index in [1.54, 1.807) is 28.9 Å². The number of nitrogens with one attached hydrogen (secondary N) is 4. The zero-order valence-corrected chi connectivity index (χ0v) is 52.1. The summed E-state index contributed by atoms with van der Waals surface area (Å²) in [6.45, 7) is 29.0. The van der Waals surface area contributed by atoms with E-state index in [-0.39, 0.29) is 83.8 Å². The van der Waals surface area contributed by atoms with Crippen molar-refractivity contribution in [3.05, 3.63) is 139 Å². The summed E-state index contributed by atoms with van der Waals surface area (Å²) in [7, 11) is 0. The first-order chi connectivity index (χ1) is 41.5. The van der Waals surface area contributed by atoms with E-state index in [0.717, 1.165) is 111 Å². The first-order valence-corrected chi connectivity index (χ1v) is 31.5. The van der Waals surface area contributed by atoms with Crippen LogP contribution in [0.5, 0.6) is 0 Å². The number of benzene rings is 2. The van der Waals surface area contributed by atoms with Crippen LogP contribution in [0.3, 0.4) is 0 Å². The Morgan fingerprint density at radius 2 is 1.08 bits per heavy atom. The molecular formula is C65H89F2N15O5. The number of amides is 3. The molecular weight excluding hydrogens is 1110 g/mol. The molecule has 0 unspecified atom stereocenters. The molecule has 20 nitrogen and oxygen atoms in total. The molecule has 0 aliphatic carbocycles. The van der Waals surface area contributed by atoms with Gasteiger partial charge in [-0.05, 0) is 75.2 Å². The van der Waals surface area contributed by atoms with Crippen molar-refractivity contribution in [3.8, 4) is 0 Å². The Hall–Kier alpha value is -6.53. The van der Waals surface area contributed by atoms with Crippen molar-refractivity contribution in [1.29, 1.82) is 0 Å². The SMILES string of the molecule is C[C@@H]1CN(CC(=O)N2CC(C)(C)c3[nH]c(=O)c(Cc4ccc(F)cc4)cc32)[C@@H](CN2CCN(CCc3cn(CCC(=O)N4CCN(C[C@H]5CN[C@H](C)CN5CC(=O)N5CC(C)(C)c6[nH]c(=O)c(Cc7ccc(F)cc7)cc65)[C@H](C)C4)nn3)C[C@H]2C)CN1. The van der Waals surface area contributed by atoms with Crippen molar-refractivity contribution in [2.75, 3.05) is 121 Å². The van der Waals surface area contributed by atoms with Crippen molar-refractivity contribution in [1.82, 2.24) is 65.0 Å². The van der Waals surface area contributed by atoms with Gasteiger partial charge < -0.3 is 40.2 Å². The van der Waals surface area contributed by atoms with Crippen LogP contribution in [0.1, 0.15) is 101 Å². The number of carbonyl (C=O) groups excluding carboxylic acids is 3. The standard InChI is InChI=1S/C65H89F2N15O5/c1-42-31-78(38-58(84)81-40-64(5,6)60-55(81)27-48(62(86)70-60)25-46-9-13-50(66)14-10-46)53(29-68-42)36-75-22-21-74(33-44(75)3)19-17-52-35-80(73-72-52)20-18-57(83)77-24-23-76(45(4)34-77)37-54-30-69-43(2)32-79(54)39-59(85)82-41-65(7,8)61-56(82)28-49(63(87)71-61)26-47-11-15-51(67)16-12-47/h9-16,27-28,35,42-45,53-54,68-69H,17-26,29-34,36-41H2,1-8H3,(H,70,86)(H,71,87)/t42-,43-,44-,45-,53-,54-/m1/s1. The van der Waals surface area contributed by atoms with Gasteiger partial charge in [-0.15, -0.1) is 5.10 Å². The monoisotopic (exact) mass is 1200 g/mol. The number of carbonyl (C=O) groups is 3. The number of halogens is 2. The van der Waals surface area contributed by atoms with E-state index >= 15 is 0 Å². The summed E-state index contributed by atoms with van der Waals surface area (Å²) in [5.74, 6) is -0.556. The van der Waals surface area contributed by atoms with Crippen LogP contribution in [0.2, 0.25) is 0 Å². The maximum absolute atomic E-state index is 14.4. The fourth-order valence-electron chi connectivity index (χ4n) is 14.2. The summed E-state index contributed by atoms with van der Waals surface area (Å²) >= 11 is 0. The lowest BCUT2D eigenvalue weighted by Gasteiger charge is -2.45. The summed E-state index contributed by atoms with van der Waals surface area (Å²) < 4.78 is 29.1. The minimum Gasteiger partial charge on any atom is -0.340 e. The maximum Gasteiger partial charge on any atom is 0.251 e. The van der Waals surface area contributed by atoms with E-state index in [1.807, 2.05) is 46.9 Å². The van der Waals surface area contributed by atoms with Gasteiger partial charge in [0.05, 0.1) is 36.7 Å². The fraction of sp³-hybridized carbons (Fsp3) is 0.585. The van der Waals surface area contributed by atoms with Crippen LogP contribution in [-0.4, -0.2) is 220 Å². The number of fused-ring (bicyclic) bond motifs is 2. The second kappa shape index (κ2) is 25.9. The lowest BCUT2D eigenvalue weighted by molar-refractivity contribution is -0.134. The molecule has 4 saturated heterocycles. The number of H-pyrrole nitrogens is 2. The molecule has 6 aliphatic heterocycles. The Balaban J connectivity index is 0.618. The quantitative estimate of drug-likeness (QED) is 0.0995. The van der Waals surface area contributed by atoms with Crippen molar-refractivity contribution >= 4 is 29.1 Å². The van der Waals surface area contributed by atoms with E-state index in [4.69, 9.17) is 0 Å². The number of anilines is 2. The molecule has 0 saturated carbocycles. The van der Waals surface area contributed by atoms with Gasteiger partial charge in [0.15, 0.2) is 0 Å². The van der Waals surface area contributed by atoms with Gasteiger partial charge in [-0.1, -0.05) is 57.2 Å². The number of pyridine rings is 2. The van der Waals surface area contributed by atoms with Crippen LogP contribution >= 0.6 is 0 Å². The highest BCUT2D eigenvalue weighted by Crippen LogP contribution is 2.41. The largest absolute Gasteiger partial charge is 0.340 e. The lowest BCUT2D eigenvalue weighted by atomic mass is 9.91. The van der Waals surface area contributed by atoms with Gasteiger partial charge in [-0.25, -0.2) is 8.78 Å². The number of aromatic amines is 2. The summed E-state index contributed by atoms with van der Waals surface area (Å²) in [4.78, 5) is 93.1. The van der Waals surface area contributed by atoms with Crippen LogP contribution in [0, 0.1) is 11.6 Å². The molecule has 0 bridgehead atoms. The number of rotatable bonds is 18. The minimum absolute atomic E-state index is 0.0119. The van der Waals surface area contributed by atoms with E-state index in [2.05, 4.69) is 97.0 Å². The van der Waals surface area contributed by atoms with Crippen LogP contribution in [-0.2, 0) is 51.0 Å². The van der Waals surface area contributed by atoms with Gasteiger partial charge in [0.2, 0.25) is 17.7 Å². The van der Waals surface area contributed by atoms with E-state index in [1.165, 1.54) is 24.3 Å². The first-order valence-electron chi connectivity index (χ1n) is 31.5. The molecule has 3 aromatic heterocycles. The first kappa shape index (κ1) is 62.1. The molecule has 468 valence electrons. The van der Waals surface area contributed by atoms with Gasteiger partial charge in [0, 0.05) is 200 Å². The van der Waals surface area contributed by atoms with Gasteiger partial charge in [-0.2, -0.15) is 0 Å². The maximum atomic E-state index is 14.4. The van der Waals surface area contributed by atoms with Crippen molar-refractivity contribution in [2.45, 2.75) is 135 Å². The Morgan fingerprint density at radius 1 is 0.598 bits per heavy atom. The number of aryl methyl sites for hydroxylation is 1. The number of piperazine rings is 4. The molecule has 4 fully saturated rings. The van der Waals surface area contributed by atoms with E-state index in [0.29, 0.717) is 75.7 Å². The molecule has 4 N–H and O–H groups in total. The average molecular weight is 1200 g/mol. The third kappa shape index (κ3) is 14.3. The number of hydrogen-bond donors (Lipinski definition) is 4. The normalized spacial score (nSPS) is 24.6. The van der Waals surface area contributed by atoms with Crippen molar-refractivity contribution in [2.24, 2.45) is 0 Å². The molecule has 22 heteroatoms. The van der Waals surface area contributed by atoms with Crippen molar-refractivity contribution < 1.29 is 23.2 Å². The highest BCUT2D eigenvalue weighted by atomic mass is 19.1. The molecule has 6 aliphatic rings. The van der Waals surface area contributed by atoms with Gasteiger partial charge in [-0.3, -0.25) is 48.3 Å². The molecule has 11 rings (SSSR count). The number of hydrogen-bond acceptors (Lipinski definition) is 14. The zero-order valence-electron chi connectivity index (χ0n) is 52.1. The smallest absolute Gasteiger partial charge is 0.251 e. The summed E-state index contributed by atoms with van der Waals surface area (Å²) in [5.41, 5.74) is 5.37.